The number of amides is 6. The highest BCUT2D eigenvalue weighted by molar-refractivity contribution is 8.00. The van der Waals surface area contributed by atoms with Crippen LogP contribution < -0.4 is 16.4 Å². The van der Waals surface area contributed by atoms with Crippen molar-refractivity contribution in [3.8, 4) is 0 Å². The summed E-state index contributed by atoms with van der Waals surface area (Å²) >= 11 is 1.38. The van der Waals surface area contributed by atoms with Crippen LogP contribution in [0, 0.1) is 11.8 Å². The molecule has 306 valence electrons. The lowest BCUT2D eigenvalue weighted by molar-refractivity contribution is -0.148. The third-order valence-electron chi connectivity index (χ3n) is 9.88. The van der Waals surface area contributed by atoms with Crippen molar-refractivity contribution in [2.75, 3.05) is 73.8 Å². The average Bonchev–Trinajstić information content (AvgIpc) is 3.09. The molecule has 0 spiro atoms. The van der Waals surface area contributed by atoms with Crippen molar-refractivity contribution in [3.63, 3.8) is 0 Å². The number of ether oxygens (including phenoxy) is 1. The second-order valence-corrected chi connectivity index (χ2v) is 16.9. The number of thioether (sulfide) groups is 1. The second-order valence-electron chi connectivity index (χ2n) is 15.7. The quantitative estimate of drug-likeness (QED) is 0.136. The van der Waals surface area contributed by atoms with Crippen LogP contribution in [-0.2, 0) is 33.5 Å². The smallest absolute Gasteiger partial charge is 0.256 e. The summed E-state index contributed by atoms with van der Waals surface area (Å²) in [6.45, 7) is 18.9. The first-order valence-electron chi connectivity index (χ1n) is 18.8. The van der Waals surface area contributed by atoms with Crippen molar-refractivity contribution in [2.45, 2.75) is 116 Å². The number of likely N-dealkylation sites (N-methyl/N-ethyl adjacent to an activating group) is 4. The largest absolute Gasteiger partial charge is 0.379 e. The molecule has 5 atom stereocenters. The van der Waals surface area contributed by atoms with Crippen LogP contribution in [0.3, 0.4) is 0 Å². The zero-order valence-corrected chi connectivity index (χ0v) is 35.5. The molecule has 0 radical (unpaired) electrons. The number of carbonyl (C=O) groups excluding carboxylic acids is 6. The summed E-state index contributed by atoms with van der Waals surface area (Å²) in [5, 5.41) is 4.62. The number of hydrogen-bond acceptors (Lipinski definition) is 10. The van der Waals surface area contributed by atoms with Crippen LogP contribution in [0.2, 0.25) is 0 Å². The van der Waals surface area contributed by atoms with E-state index in [1.54, 1.807) is 27.9 Å². The fourth-order valence-electron chi connectivity index (χ4n) is 5.92. The van der Waals surface area contributed by atoms with Crippen LogP contribution in [-0.4, -0.2) is 169 Å². The number of methoxy groups -OCH3 is 1. The molecule has 16 heteroatoms. The molecular weight excluding hydrogens is 701 g/mol. The third kappa shape index (κ3) is 15.4. The summed E-state index contributed by atoms with van der Waals surface area (Å²) in [6, 6.07) is -4.00. The van der Waals surface area contributed by atoms with Crippen LogP contribution in [0.4, 0.5) is 0 Å². The Hall–Kier alpha value is -2.95. The molecule has 0 unspecified atom stereocenters. The van der Waals surface area contributed by atoms with Gasteiger partial charge in [-0.1, -0.05) is 34.6 Å². The van der Waals surface area contributed by atoms with Crippen LogP contribution in [0.1, 0.15) is 81.1 Å². The molecule has 0 aromatic carbocycles. The van der Waals surface area contributed by atoms with Gasteiger partial charge in [-0.3, -0.25) is 33.7 Å². The van der Waals surface area contributed by atoms with E-state index in [1.165, 1.54) is 47.5 Å². The van der Waals surface area contributed by atoms with Gasteiger partial charge in [-0.15, -0.1) is 11.8 Å². The molecule has 1 aliphatic heterocycles. The standard InChI is InChI=1S/C37H70N8O7S/c1-14-15-29(46)44(12)36(53-21-20-45-18-16-41(9)17-19-45)35(51)43(11)28(23-37(7,8)52-13)33(49)40-30(25(4)5)34(50)42(10)27(22-24(2)3)32(48)39-26(6)31(38)47/h24-28,30,36H,14-23H2,1-13H3,(H2,38,47)(H,39,48)(H,40,49)/t26-,27+,28+,30+,36-/m1/s1. The van der Waals surface area contributed by atoms with Crippen molar-refractivity contribution >= 4 is 47.2 Å². The minimum absolute atomic E-state index is 0.0204. The predicted molar refractivity (Wildman–Crippen MR) is 210 cm³/mol. The van der Waals surface area contributed by atoms with Gasteiger partial charge in [0.15, 0.2) is 5.37 Å². The maximum atomic E-state index is 14.4. The second kappa shape index (κ2) is 22.4. The summed E-state index contributed by atoms with van der Waals surface area (Å²) in [4.78, 5) is 89.8. The molecule has 0 aromatic rings. The van der Waals surface area contributed by atoms with E-state index >= 15 is 0 Å². The van der Waals surface area contributed by atoms with Crippen LogP contribution in [0.25, 0.3) is 0 Å². The number of primary amides is 1. The van der Waals surface area contributed by atoms with Gasteiger partial charge in [0.2, 0.25) is 29.5 Å². The Morgan fingerprint density at radius 1 is 0.849 bits per heavy atom. The maximum absolute atomic E-state index is 14.4. The molecule has 15 nitrogen and oxygen atoms in total. The molecule has 1 fully saturated rings. The Morgan fingerprint density at radius 2 is 1.40 bits per heavy atom. The Balaban J connectivity index is 3.43. The Bertz CT molecular complexity index is 1230. The molecule has 0 bridgehead atoms. The molecule has 6 amide bonds. The molecule has 1 heterocycles. The number of piperazine rings is 1. The van der Waals surface area contributed by atoms with E-state index in [1.807, 2.05) is 34.6 Å². The molecule has 1 aliphatic rings. The van der Waals surface area contributed by atoms with Crippen molar-refractivity contribution in [2.24, 2.45) is 17.6 Å². The van der Waals surface area contributed by atoms with Gasteiger partial charge < -0.3 is 40.7 Å². The van der Waals surface area contributed by atoms with Gasteiger partial charge in [0.1, 0.15) is 24.2 Å². The summed E-state index contributed by atoms with van der Waals surface area (Å²) in [5.74, 6) is -2.64. The Kier molecular flexibility index (Phi) is 20.3. The number of rotatable bonds is 22. The fourth-order valence-corrected chi connectivity index (χ4v) is 7.16. The van der Waals surface area contributed by atoms with E-state index < -0.39 is 70.6 Å². The normalized spacial score (nSPS) is 17.0. The van der Waals surface area contributed by atoms with E-state index in [2.05, 4.69) is 27.5 Å². The predicted octanol–water partition coefficient (Wildman–Crippen LogP) is 1.20. The molecule has 1 rings (SSSR count). The van der Waals surface area contributed by atoms with Gasteiger partial charge in [0.25, 0.3) is 5.91 Å². The summed E-state index contributed by atoms with van der Waals surface area (Å²) in [7, 11) is 8.30. The number of nitrogens with two attached hydrogens (primary N) is 1. The van der Waals surface area contributed by atoms with Gasteiger partial charge in [0, 0.05) is 79.6 Å². The maximum Gasteiger partial charge on any atom is 0.256 e. The highest BCUT2D eigenvalue weighted by atomic mass is 32.2. The van der Waals surface area contributed by atoms with Gasteiger partial charge >= 0.3 is 0 Å². The van der Waals surface area contributed by atoms with E-state index in [-0.39, 0.29) is 24.7 Å². The lowest BCUT2D eigenvalue weighted by Crippen LogP contribution is -2.61. The van der Waals surface area contributed by atoms with E-state index in [4.69, 9.17) is 10.5 Å². The molecular formula is C37H70N8O7S. The lowest BCUT2D eigenvalue weighted by atomic mass is 9.95. The van der Waals surface area contributed by atoms with Gasteiger partial charge in [-0.2, -0.15) is 0 Å². The van der Waals surface area contributed by atoms with E-state index in [9.17, 15) is 28.8 Å². The number of hydrogen-bond donors (Lipinski definition) is 3. The number of nitrogens with zero attached hydrogens (tertiary/aromatic N) is 5. The average molecular weight is 771 g/mol. The van der Waals surface area contributed by atoms with Gasteiger partial charge in [0.05, 0.1) is 5.60 Å². The third-order valence-corrected chi connectivity index (χ3v) is 11.1. The molecule has 4 N–H and O–H groups in total. The zero-order chi connectivity index (χ0) is 40.8. The topological polar surface area (TPSA) is 178 Å². The molecule has 0 saturated carbocycles. The van der Waals surface area contributed by atoms with Crippen molar-refractivity contribution in [3.05, 3.63) is 0 Å². The first-order chi connectivity index (χ1) is 24.6. The summed E-state index contributed by atoms with van der Waals surface area (Å²) in [6.07, 6.45) is 1.31. The minimum Gasteiger partial charge on any atom is -0.379 e. The van der Waals surface area contributed by atoms with E-state index in [0.29, 0.717) is 18.6 Å². The van der Waals surface area contributed by atoms with Crippen molar-refractivity contribution in [1.29, 1.82) is 0 Å². The fraction of sp³-hybridized carbons (Fsp3) is 0.838. The molecule has 0 aliphatic carbocycles. The number of carbonyl (C=O) groups is 6. The van der Waals surface area contributed by atoms with Crippen LogP contribution in [0.15, 0.2) is 0 Å². The monoisotopic (exact) mass is 771 g/mol. The molecule has 0 aromatic heterocycles. The SMILES string of the molecule is CCCC(=O)N(C)[C@H](SCCN1CCN(C)CC1)C(=O)N(C)[C@@H](CC(C)(C)OC)C(=O)N[C@H](C(=O)N(C)[C@@H](CC(C)C)C(=O)N[C@H](C)C(N)=O)C(C)C. The van der Waals surface area contributed by atoms with Crippen LogP contribution >= 0.6 is 11.8 Å². The van der Waals surface area contributed by atoms with Gasteiger partial charge in [-0.05, 0) is 52.5 Å². The highest BCUT2D eigenvalue weighted by Crippen LogP contribution is 2.25. The van der Waals surface area contributed by atoms with Crippen molar-refractivity contribution < 1.29 is 33.5 Å². The first kappa shape index (κ1) is 48.1. The van der Waals surface area contributed by atoms with E-state index in [0.717, 1.165) is 32.7 Å². The first-order valence-corrected chi connectivity index (χ1v) is 19.9. The Morgan fingerprint density at radius 3 is 1.89 bits per heavy atom. The zero-order valence-electron chi connectivity index (χ0n) is 34.7. The summed E-state index contributed by atoms with van der Waals surface area (Å²) in [5.41, 5.74) is 4.53. The molecule has 53 heavy (non-hydrogen) atoms. The van der Waals surface area contributed by atoms with Crippen LogP contribution in [0.5, 0.6) is 0 Å². The Labute approximate surface area is 322 Å². The number of nitrogens with one attached hydrogen (secondary N) is 2. The summed E-state index contributed by atoms with van der Waals surface area (Å²) < 4.78 is 5.70. The highest BCUT2D eigenvalue weighted by Gasteiger charge is 2.41. The molecule has 1 saturated heterocycles. The van der Waals surface area contributed by atoms with Gasteiger partial charge in [-0.25, -0.2) is 0 Å². The lowest BCUT2D eigenvalue weighted by Gasteiger charge is -2.38. The van der Waals surface area contributed by atoms with Crippen molar-refractivity contribution in [1.82, 2.24) is 35.1 Å². The minimum atomic E-state index is -1.07.